The van der Waals surface area contributed by atoms with Crippen LogP contribution in [-0.4, -0.2) is 17.5 Å². The van der Waals surface area contributed by atoms with Crippen molar-refractivity contribution in [2.24, 2.45) is 0 Å². The molecule has 1 aliphatic heterocycles. The number of aliphatic hydroxyl groups is 1. The summed E-state index contributed by atoms with van der Waals surface area (Å²) in [6.07, 6.45) is 2.77. The summed E-state index contributed by atoms with van der Waals surface area (Å²) in [5.41, 5.74) is 0.907. The quantitative estimate of drug-likeness (QED) is 0.870. The van der Waals surface area contributed by atoms with Gasteiger partial charge in [-0.3, -0.25) is 0 Å². The number of aliphatic hydroxyl groups excluding tert-OH is 1. The molecule has 0 saturated heterocycles. The van der Waals surface area contributed by atoms with E-state index in [9.17, 15) is 5.11 Å². The van der Waals surface area contributed by atoms with Crippen molar-refractivity contribution < 1.29 is 14.6 Å². The number of rotatable bonds is 4. The fourth-order valence-corrected chi connectivity index (χ4v) is 1.89. The SMILES string of the molecule is CCC(CC)OC1=CC(O)Oc2ccccc21. The topological polar surface area (TPSA) is 38.7 Å². The average molecular weight is 234 g/mol. The molecule has 1 aromatic carbocycles. The average Bonchev–Trinajstić information content (AvgIpc) is 2.35. The van der Waals surface area contributed by atoms with E-state index in [0.29, 0.717) is 11.5 Å². The zero-order valence-corrected chi connectivity index (χ0v) is 10.2. The van der Waals surface area contributed by atoms with Gasteiger partial charge in [-0.15, -0.1) is 0 Å². The minimum atomic E-state index is -0.922. The summed E-state index contributed by atoms with van der Waals surface area (Å²) in [5, 5.41) is 9.61. The van der Waals surface area contributed by atoms with Gasteiger partial charge in [0.1, 0.15) is 11.5 Å². The molecule has 0 bridgehead atoms. The Kier molecular flexibility index (Phi) is 3.69. The first-order valence-electron chi connectivity index (χ1n) is 6.07. The van der Waals surface area contributed by atoms with Gasteiger partial charge in [0.25, 0.3) is 0 Å². The van der Waals surface area contributed by atoms with Crippen LogP contribution in [-0.2, 0) is 4.74 Å². The predicted octanol–water partition coefficient (Wildman–Crippen LogP) is 2.94. The fourth-order valence-electron chi connectivity index (χ4n) is 1.89. The monoisotopic (exact) mass is 234 g/mol. The van der Waals surface area contributed by atoms with Crippen LogP contribution in [0.5, 0.6) is 5.75 Å². The largest absolute Gasteiger partial charge is 0.490 e. The second kappa shape index (κ2) is 5.23. The van der Waals surface area contributed by atoms with Crippen LogP contribution in [0.1, 0.15) is 32.3 Å². The summed E-state index contributed by atoms with van der Waals surface area (Å²) in [6, 6.07) is 7.59. The van der Waals surface area contributed by atoms with Crippen LogP contribution in [0.2, 0.25) is 0 Å². The molecule has 1 atom stereocenters. The van der Waals surface area contributed by atoms with E-state index in [1.54, 1.807) is 6.08 Å². The summed E-state index contributed by atoms with van der Waals surface area (Å²) in [4.78, 5) is 0. The van der Waals surface area contributed by atoms with Crippen LogP contribution in [0.25, 0.3) is 5.76 Å². The molecular formula is C14H18O3. The Hall–Kier alpha value is -1.48. The number of hydrogen-bond acceptors (Lipinski definition) is 3. The van der Waals surface area contributed by atoms with E-state index in [2.05, 4.69) is 13.8 Å². The molecule has 1 N–H and O–H groups in total. The number of para-hydroxylation sites is 1. The Morgan fingerprint density at radius 3 is 2.71 bits per heavy atom. The van der Waals surface area contributed by atoms with E-state index in [-0.39, 0.29) is 6.10 Å². The molecule has 3 nitrogen and oxygen atoms in total. The van der Waals surface area contributed by atoms with E-state index >= 15 is 0 Å². The van der Waals surface area contributed by atoms with Crippen molar-refractivity contribution in [3.8, 4) is 5.75 Å². The first-order valence-corrected chi connectivity index (χ1v) is 6.07. The number of fused-ring (bicyclic) bond motifs is 1. The summed E-state index contributed by atoms with van der Waals surface area (Å²) >= 11 is 0. The highest BCUT2D eigenvalue weighted by molar-refractivity contribution is 5.67. The van der Waals surface area contributed by atoms with Gasteiger partial charge in [-0.1, -0.05) is 26.0 Å². The van der Waals surface area contributed by atoms with Crippen molar-refractivity contribution >= 4 is 5.76 Å². The van der Waals surface area contributed by atoms with Crippen molar-refractivity contribution in [2.75, 3.05) is 0 Å². The first kappa shape index (κ1) is 12.0. The maximum absolute atomic E-state index is 9.61. The Morgan fingerprint density at radius 1 is 1.29 bits per heavy atom. The molecule has 1 aromatic rings. The van der Waals surface area contributed by atoms with Gasteiger partial charge in [0.2, 0.25) is 6.29 Å². The van der Waals surface area contributed by atoms with Gasteiger partial charge in [0.15, 0.2) is 0 Å². The molecule has 92 valence electrons. The van der Waals surface area contributed by atoms with E-state index in [0.717, 1.165) is 18.4 Å². The number of benzene rings is 1. The molecule has 3 heteroatoms. The highest BCUT2D eigenvalue weighted by atomic mass is 16.6. The third-order valence-electron chi connectivity index (χ3n) is 2.90. The highest BCUT2D eigenvalue weighted by Crippen LogP contribution is 2.33. The smallest absolute Gasteiger partial charge is 0.221 e. The third-order valence-corrected chi connectivity index (χ3v) is 2.90. The minimum absolute atomic E-state index is 0.180. The lowest BCUT2D eigenvalue weighted by Gasteiger charge is -2.25. The van der Waals surface area contributed by atoms with Gasteiger partial charge in [0.05, 0.1) is 11.7 Å². The lowest BCUT2D eigenvalue weighted by molar-refractivity contribution is 0.0175. The lowest BCUT2D eigenvalue weighted by Crippen LogP contribution is -2.20. The van der Waals surface area contributed by atoms with Crippen molar-refractivity contribution in [3.63, 3.8) is 0 Å². The second-order valence-corrected chi connectivity index (χ2v) is 4.09. The second-order valence-electron chi connectivity index (χ2n) is 4.09. The fraction of sp³-hybridized carbons (Fsp3) is 0.429. The molecule has 1 heterocycles. The van der Waals surface area contributed by atoms with Crippen molar-refractivity contribution in [1.82, 2.24) is 0 Å². The molecule has 0 fully saturated rings. The Bertz CT molecular complexity index is 408. The highest BCUT2D eigenvalue weighted by Gasteiger charge is 2.21. The molecule has 2 rings (SSSR count). The van der Waals surface area contributed by atoms with E-state index in [4.69, 9.17) is 9.47 Å². The summed E-state index contributed by atoms with van der Waals surface area (Å²) < 4.78 is 11.2. The van der Waals surface area contributed by atoms with Crippen molar-refractivity contribution in [1.29, 1.82) is 0 Å². The minimum Gasteiger partial charge on any atom is -0.490 e. The van der Waals surface area contributed by atoms with E-state index in [1.807, 2.05) is 24.3 Å². The van der Waals surface area contributed by atoms with Crippen LogP contribution in [0.3, 0.4) is 0 Å². The van der Waals surface area contributed by atoms with Crippen LogP contribution >= 0.6 is 0 Å². The van der Waals surface area contributed by atoms with Gasteiger partial charge in [-0.25, -0.2) is 0 Å². The number of ether oxygens (including phenoxy) is 2. The van der Waals surface area contributed by atoms with Crippen molar-refractivity contribution in [2.45, 2.75) is 39.1 Å². The molecule has 1 aliphatic rings. The Balaban J connectivity index is 2.26. The molecule has 0 radical (unpaired) electrons. The molecule has 17 heavy (non-hydrogen) atoms. The van der Waals surface area contributed by atoms with Gasteiger partial charge >= 0.3 is 0 Å². The first-order chi connectivity index (χ1) is 8.24. The van der Waals surface area contributed by atoms with Gasteiger partial charge in [-0.05, 0) is 25.0 Å². The maximum Gasteiger partial charge on any atom is 0.221 e. The molecule has 0 aliphatic carbocycles. The van der Waals surface area contributed by atoms with Gasteiger partial charge in [-0.2, -0.15) is 0 Å². The molecule has 0 aromatic heterocycles. The Labute approximate surface area is 102 Å². The molecule has 1 unspecified atom stereocenters. The van der Waals surface area contributed by atoms with Crippen LogP contribution in [0.4, 0.5) is 0 Å². The van der Waals surface area contributed by atoms with Gasteiger partial charge < -0.3 is 14.6 Å². The number of hydrogen-bond donors (Lipinski definition) is 1. The molecule has 0 saturated carbocycles. The standard InChI is InChI=1S/C14H18O3/c1-3-10(4-2)16-13-9-14(15)17-12-8-6-5-7-11(12)13/h5-10,14-15H,3-4H2,1-2H3. The molecule has 0 amide bonds. The van der Waals surface area contributed by atoms with Crippen LogP contribution in [0, 0.1) is 0 Å². The third kappa shape index (κ3) is 2.61. The Morgan fingerprint density at radius 2 is 2.00 bits per heavy atom. The van der Waals surface area contributed by atoms with Crippen LogP contribution in [0.15, 0.2) is 30.3 Å². The molecule has 0 spiro atoms. The summed E-state index contributed by atoms with van der Waals surface area (Å²) in [6.45, 7) is 4.19. The summed E-state index contributed by atoms with van der Waals surface area (Å²) in [7, 11) is 0. The van der Waals surface area contributed by atoms with E-state index in [1.165, 1.54) is 0 Å². The van der Waals surface area contributed by atoms with Crippen LogP contribution < -0.4 is 4.74 Å². The zero-order valence-electron chi connectivity index (χ0n) is 10.2. The maximum atomic E-state index is 9.61. The van der Waals surface area contributed by atoms with Gasteiger partial charge in [0, 0.05) is 6.08 Å². The van der Waals surface area contributed by atoms with E-state index < -0.39 is 6.29 Å². The zero-order chi connectivity index (χ0) is 12.3. The molecular weight excluding hydrogens is 216 g/mol. The lowest BCUT2D eigenvalue weighted by atomic mass is 10.1. The predicted molar refractivity (Wildman–Crippen MR) is 66.5 cm³/mol. The van der Waals surface area contributed by atoms with Crippen molar-refractivity contribution in [3.05, 3.63) is 35.9 Å². The summed E-state index contributed by atoms with van der Waals surface area (Å²) in [5.74, 6) is 1.39. The normalized spacial score (nSPS) is 18.4.